The first-order chi connectivity index (χ1) is 15.4. The topological polar surface area (TPSA) is 111 Å². The van der Waals surface area contributed by atoms with E-state index in [2.05, 4.69) is 20.5 Å². The lowest BCUT2D eigenvalue weighted by Crippen LogP contribution is -2.13. The van der Waals surface area contributed by atoms with Crippen LogP contribution >= 0.6 is 23.2 Å². The number of amides is 1. The lowest BCUT2D eigenvalue weighted by molar-refractivity contribution is -0.130. The number of aliphatic hydroxyl groups excluding tert-OH is 1. The number of nitrogens with one attached hydrogen (secondary N) is 2. The van der Waals surface area contributed by atoms with E-state index in [4.69, 9.17) is 23.2 Å². The SMILES string of the molecule is CCC(F)(F)F.Cc1[nH]nc(Cl)c1NC(=O)c1cc(F)c(-c2ccc(Cl)c(CO)n2)cc1O. The van der Waals surface area contributed by atoms with Crippen LogP contribution in [0, 0.1) is 12.7 Å². The molecule has 0 bridgehead atoms. The van der Waals surface area contributed by atoms with Crippen LogP contribution in [0.15, 0.2) is 24.3 Å². The van der Waals surface area contributed by atoms with E-state index in [0.29, 0.717) is 5.69 Å². The number of aromatic amines is 1. The van der Waals surface area contributed by atoms with Crippen LogP contribution in [0.5, 0.6) is 5.75 Å². The number of nitrogens with zero attached hydrogens (tertiary/aromatic N) is 2. The number of aryl methyl sites for hydroxylation is 1. The van der Waals surface area contributed by atoms with Crippen molar-refractivity contribution in [3.63, 3.8) is 0 Å². The zero-order chi connectivity index (χ0) is 24.9. The highest BCUT2D eigenvalue weighted by Gasteiger charge is 2.22. The molecule has 0 spiro atoms. The van der Waals surface area contributed by atoms with Gasteiger partial charge in [0.25, 0.3) is 5.91 Å². The van der Waals surface area contributed by atoms with Crippen molar-refractivity contribution in [1.82, 2.24) is 15.2 Å². The van der Waals surface area contributed by atoms with E-state index in [1.807, 2.05) is 0 Å². The highest BCUT2D eigenvalue weighted by atomic mass is 35.5. The predicted molar refractivity (Wildman–Crippen MR) is 115 cm³/mol. The highest BCUT2D eigenvalue weighted by molar-refractivity contribution is 6.33. The van der Waals surface area contributed by atoms with Crippen LogP contribution in [0.2, 0.25) is 10.2 Å². The number of hydrogen-bond donors (Lipinski definition) is 4. The van der Waals surface area contributed by atoms with E-state index in [1.165, 1.54) is 12.1 Å². The Kier molecular flexibility index (Phi) is 8.64. The number of pyridine rings is 1. The quantitative estimate of drug-likeness (QED) is 0.341. The summed E-state index contributed by atoms with van der Waals surface area (Å²) in [5.74, 6) is -2.00. The Hall–Kier alpha value is -2.89. The zero-order valence-electron chi connectivity index (χ0n) is 17.2. The van der Waals surface area contributed by atoms with Crippen molar-refractivity contribution in [3.05, 3.63) is 57.2 Å². The van der Waals surface area contributed by atoms with Crippen molar-refractivity contribution in [2.75, 3.05) is 5.32 Å². The van der Waals surface area contributed by atoms with Crippen molar-refractivity contribution in [2.24, 2.45) is 0 Å². The molecule has 1 aromatic carbocycles. The van der Waals surface area contributed by atoms with Gasteiger partial charge in [0.15, 0.2) is 5.15 Å². The lowest BCUT2D eigenvalue weighted by atomic mass is 10.1. The fourth-order valence-corrected chi connectivity index (χ4v) is 2.81. The van der Waals surface area contributed by atoms with E-state index >= 15 is 0 Å². The van der Waals surface area contributed by atoms with Crippen molar-refractivity contribution < 1.29 is 32.6 Å². The molecule has 0 radical (unpaired) electrons. The first-order valence-corrected chi connectivity index (χ1v) is 10.0. The maximum atomic E-state index is 14.6. The fourth-order valence-electron chi connectivity index (χ4n) is 2.41. The van der Waals surface area contributed by atoms with E-state index in [9.17, 15) is 32.6 Å². The number of hydrogen-bond acceptors (Lipinski definition) is 5. The van der Waals surface area contributed by atoms with Crippen molar-refractivity contribution in [2.45, 2.75) is 33.1 Å². The Balaban J connectivity index is 0.000000569. The van der Waals surface area contributed by atoms with Crippen molar-refractivity contribution in [1.29, 1.82) is 0 Å². The Morgan fingerprint density at radius 1 is 1.24 bits per heavy atom. The summed E-state index contributed by atoms with van der Waals surface area (Å²) in [7, 11) is 0. The summed E-state index contributed by atoms with van der Waals surface area (Å²) >= 11 is 11.7. The van der Waals surface area contributed by atoms with Gasteiger partial charge in [-0.15, -0.1) is 0 Å². The number of aromatic hydroxyl groups is 1. The zero-order valence-corrected chi connectivity index (χ0v) is 18.7. The first-order valence-electron chi connectivity index (χ1n) is 9.25. The van der Waals surface area contributed by atoms with E-state index in [0.717, 1.165) is 19.1 Å². The van der Waals surface area contributed by atoms with Gasteiger partial charge in [-0.2, -0.15) is 18.3 Å². The Morgan fingerprint density at radius 2 is 1.88 bits per heavy atom. The smallest absolute Gasteiger partial charge is 0.388 e. The number of carbonyl (C=O) groups is 1. The van der Waals surface area contributed by atoms with Gasteiger partial charge in [-0.1, -0.05) is 30.1 Å². The van der Waals surface area contributed by atoms with Crippen molar-refractivity contribution >= 4 is 34.8 Å². The lowest BCUT2D eigenvalue weighted by Gasteiger charge is -2.10. The minimum atomic E-state index is -3.96. The molecule has 0 saturated carbocycles. The molecule has 0 aliphatic rings. The van der Waals surface area contributed by atoms with Gasteiger partial charge in [0, 0.05) is 12.0 Å². The maximum Gasteiger partial charge on any atom is 0.388 e. The number of anilines is 1. The summed E-state index contributed by atoms with van der Waals surface area (Å²) in [5, 5.41) is 28.5. The number of aromatic nitrogens is 3. The Morgan fingerprint density at radius 3 is 2.39 bits per heavy atom. The Bertz CT molecular complexity index is 1130. The number of benzene rings is 1. The molecule has 4 N–H and O–H groups in total. The molecule has 0 atom stereocenters. The molecule has 7 nitrogen and oxygen atoms in total. The summed E-state index contributed by atoms with van der Waals surface area (Å²) in [6.45, 7) is 2.30. The molecule has 3 rings (SSSR count). The average molecular weight is 509 g/mol. The molecule has 33 heavy (non-hydrogen) atoms. The summed E-state index contributed by atoms with van der Waals surface area (Å²) in [5.41, 5.74) is 0.721. The molecule has 0 aliphatic carbocycles. The predicted octanol–water partition coefficient (Wildman–Crippen LogP) is 5.63. The van der Waals surface area contributed by atoms with Gasteiger partial charge in [-0.05, 0) is 31.2 Å². The summed E-state index contributed by atoms with van der Waals surface area (Å²) in [6, 6.07) is 4.85. The normalized spacial score (nSPS) is 11.1. The van der Waals surface area contributed by atoms with Crippen LogP contribution in [-0.2, 0) is 6.61 Å². The van der Waals surface area contributed by atoms with Gasteiger partial charge < -0.3 is 15.5 Å². The van der Waals surface area contributed by atoms with Crippen LogP contribution in [0.1, 0.15) is 35.1 Å². The first kappa shape index (κ1) is 26.4. The van der Waals surface area contributed by atoms with Crippen LogP contribution in [0.4, 0.5) is 23.2 Å². The third-order valence-electron chi connectivity index (χ3n) is 4.22. The standard InChI is InChI=1S/C17H13Cl2FN4O3.C3H5F3/c1-7-15(16(19)24-23-7)22-17(27)9-4-11(20)8(5-14(9)26)12-3-2-10(18)13(6-25)21-12;1-2-3(4,5)6/h2-5,25-26H,6H2,1H3,(H,22,27)(H,23,24);2H2,1H3. The molecule has 1 amide bonds. The molecule has 2 aromatic heterocycles. The van der Waals surface area contributed by atoms with E-state index in [-0.39, 0.29) is 38.4 Å². The molecule has 0 aliphatic heterocycles. The summed E-state index contributed by atoms with van der Waals surface area (Å²) in [4.78, 5) is 16.4. The van der Waals surface area contributed by atoms with Gasteiger partial charge >= 0.3 is 6.18 Å². The summed E-state index contributed by atoms with van der Waals surface area (Å²) < 4.78 is 46.9. The molecule has 13 heteroatoms. The minimum absolute atomic E-state index is 0.0410. The number of alkyl halides is 3. The average Bonchev–Trinajstić information content (AvgIpc) is 3.07. The molecule has 0 unspecified atom stereocenters. The highest BCUT2D eigenvalue weighted by Crippen LogP contribution is 2.31. The van der Waals surface area contributed by atoms with Gasteiger partial charge in [0.05, 0.1) is 34.3 Å². The number of rotatable bonds is 4. The van der Waals surface area contributed by atoms with Gasteiger partial charge in [0.1, 0.15) is 17.3 Å². The number of phenolic OH excluding ortho intramolecular Hbond substituents is 1. The number of aliphatic hydroxyl groups is 1. The molecular formula is C20H18Cl2F4N4O3. The van der Waals surface area contributed by atoms with Crippen LogP contribution in [-0.4, -0.2) is 37.5 Å². The second-order valence-electron chi connectivity index (χ2n) is 6.57. The largest absolute Gasteiger partial charge is 0.507 e. The maximum absolute atomic E-state index is 14.6. The molecule has 178 valence electrons. The number of carbonyl (C=O) groups excluding carboxylic acids is 1. The third kappa shape index (κ3) is 6.80. The minimum Gasteiger partial charge on any atom is -0.507 e. The summed E-state index contributed by atoms with van der Waals surface area (Å²) in [6.07, 6.45) is -4.69. The second-order valence-corrected chi connectivity index (χ2v) is 7.33. The van der Waals surface area contributed by atoms with Crippen LogP contribution in [0.3, 0.4) is 0 Å². The third-order valence-corrected chi connectivity index (χ3v) is 4.83. The second kappa shape index (κ2) is 10.8. The van der Waals surface area contributed by atoms with Crippen LogP contribution in [0.25, 0.3) is 11.3 Å². The molecule has 0 saturated heterocycles. The molecular weight excluding hydrogens is 491 g/mol. The number of phenols is 1. The van der Waals surface area contributed by atoms with Crippen LogP contribution < -0.4 is 5.32 Å². The Labute approximate surface area is 195 Å². The van der Waals surface area contributed by atoms with E-state index in [1.54, 1.807) is 6.92 Å². The fraction of sp³-hybridized carbons (Fsp3) is 0.250. The molecule has 2 heterocycles. The number of H-pyrrole nitrogens is 1. The monoisotopic (exact) mass is 508 g/mol. The number of halogens is 6. The van der Waals surface area contributed by atoms with Gasteiger partial charge in [0.2, 0.25) is 0 Å². The molecule has 0 fully saturated rings. The van der Waals surface area contributed by atoms with Gasteiger partial charge in [-0.25, -0.2) is 9.37 Å². The molecule has 3 aromatic rings. The van der Waals surface area contributed by atoms with E-state index < -0.39 is 36.7 Å². The van der Waals surface area contributed by atoms with Crippen molar-refractivity contribution in [3.8, 4) is 17.0 Å². The van der Waals surface area contributed by atoms with Gasteiger partial charge in [-0.3, -0.25) is 9.89 Å².